The average Bonchev–Trinajstić information content (AvgIpc) is 2.46. The SMILES string of the molecule is CC1(C)CCCN(c2c(N)ccc(F)c2F)CC1. The summed E-state index contributed by atoms with van der Waals surface area (Å²) in [6.07, 6.45) is 3.03. The summed E-state index contributed by atoms with van der Waals surface area (Å²) in [4.78, 5) is 1.88. The van der Waals surface area contributed by atoms with Crippen molar-refractivity contribution in [3.05, 3.63) is 23.8 Å². The van der Waals surface area contributed by atoms with Gasteiger partial charge in [0.2, 0.25) is 0 Å². The summed E-state index contributed by atoms with van der Waals surface area (Å²) in [5.74, 6) is -1.66. The minimum atomic E-state index is -0.831. The summed E-state index contributed by atoms with van der Waals surface area (Å²) < 4.78 is 27.2. The maximum absolute atomic E-state index is 13.9. The van der Waals surface area contributed by atoms with Crippen LogP contribution in [0.2, 0.25) is 0 Å². The Bertz CT molecular complexity index is 444. The first kappa shape index (κ1) is 13.1. The zero-order valence-corrected chi connectivity index (χ0v) is 11.0. The Morgan fingerprint density at radius 2 is 1.89 bits per heavy atom. The monoisotopic (exact) mass is 254 g/mol. The highest BCUT2D eigenvalue weighted by Crippen LogP contribution is 2.35. The maximum atomic E-state index is 13.9. The third kappa shape index (κ3) is 2.57. The molecule has 1 aliphatic heterocycles. The lowest BCUT2D eigenvalue weighted by molar-refractivity contribution is 0.325. The Hall–Kier alpha value is -1.32. The van der Waals surface area contributed by atoms with Crippen LogP contribution in [0.3, 0.4) is 0 Å². The van der Waals surface area contributed by atoms with Gasteiger partial charge in [-0.3, -0.25) is 0 Å². The molecule has 100 valence electrons. The van der Waals surface area contributed by atoms with Gasteiger partial charge in [-0.1, -0.05) is 13.8 Å². The molecule has 4 heteroatoms. The third-order valence-electron chi connectivity index (χ3n) is 3.76. The second kappa shape index (κ2) is 4.75. The van der Waals surface area contributed by atoms with E-state index in [1.807, 2.05) is 4.90 Å². The lowest BCUT2D eigenvalue weighted by atomic mass is 9.85. The van der Waals surface area contributed by atoms with Crippen molar-refractivity contribution < 1.29 is 8.78 Å². The van der Waals surface area contributed by atoms with Gasteiger partial charge >= 0.3 is 0 Å². The Kier molecular flexibility index (Phi) is 3.46. The van der Waals surface area contributed by atoms with Crippen molar-refractivity contribution in [1.82, 2.24) is 0 Å². The second-order valence-corrected chi connectivity index (χ2v) is 5.80. The first-order valence-corrected chi connectivity index (χ1v) is 6.39. The lowest BCUT2D eigenvalue weighted by Gasteiger charge is -2.26. The molecule has 0 saturated carbocycles. The summed E-state index contributed by atoms with van der Waals surface area (Å²) in [5, 5.41) is 0. The van der Waals surface area contributed by atoms with Gasteiger partial charge < -0.3 is 10.6 Å². The molecule has 18 heavy (non-hydrogen) atoms. The minimum absolute atomic E-state index is 0.229. The Balaban J connectivity index is 2.29. The molecule has 0 bridgehead atoms. The number of halogens is 2. The number of nitrogens with two attached hydrogens (primary N) is 1. The van der Waals surface area contributed by atoms with Crippen molar-refractivity contribution in [2.75, 3.05) is 23.7 Å². The van der Waals surface area contributed by atoms with Gasteiger partial charge in [0.15, 0.2) is 11.6 Å². The van der Waals surface area contributed by atoms with Crippen molar-refractivity contribution in [3.8, 4) is 0 Å². The predicted octanol–water partition coefficient (Wildman–Crippen LogP) is 3.56. The van der Waals surface area contributed by atoms with Crippen molar-refractivity contribution in [2.24, 2.45) is 5.41 Å². The molecule has 1 aliphatic rings. The van der Waals surface area contributed by atoms with Crippen LogP contribution in [-0.2, 0) is 0 Å². The van der Waals surface area contributed by atoms with E-state index >= 15 is 0 Å². The molecule has 1 saturated heterocycles. The van der Waals surface area contributed by atoms with Crippen LogP contribution in [0.4, 0.5) is 20.2 Å². The molecule has 2 N–H and O–H groups in total. The lowest BCUT2D eigenvalue weighted by Crippen LogP contribution is -2.27. The molecule has 2 rings (SSSR count). The fourth-order valence-electron chi connectivity index (χ4n) is 2.52. The van der Waals surface area contributed by atoms with E-state index in [4.69, 9.17) is 5.73 Å². The average molecular weight is 254 g/mol. The largest absolute Gasteiger partial charge is 0.397 e. The Labute approximate surface area is 107 Å². The summed E-state index contributed by atoms with van der Waals surface area (Å²) >= 11 is 0. The summed E-state index contributed by atoms with van der Waals surface area (Å²) in [7, 11) is 0. The van der Waals surface area contributed by atoms with E-state index in [1.165, 1.54) is 6.07 Å². The zero-order valence-electron chi connectivity index (χ0n) is 11.0. The van der Waals surface area contributed by atoms with Gasteiger partial charge in [0.05, 0.1) is 11.4 Å². The van der Waals surface area contributed by atoms with Crippen molar-refractivity contribution in [3.63, 3.8) is 0 Å². The van der Waals surface area contributed by atoms with Gasteiger partial charge in [-0.25, -0.2) is 8.78 Å². The van der Waals surface area contributed by atoms with Gasteiger partial charge in [0, 0.05) is 13.1 Å². The molecule has 2 nitrogen and oxygen atoms in total. The van der Waals surface area contributed by atoms with E-state index < -0.39 is 11.6 Å². The molecule has 0 atom stereocenters. The zero-order chi connectivity index (χ0) is 13.3. The van der Waals surface area contributed by atoms with Crippen LogP contribution in [0.25, 0.3) is 0 Å². The second-order valence-electron chi connectivity index (χ2n) is 5.80. The van der Waals surface area contributed by atoms with E-state index in [-0.39, 0.29) is 11.1 Å². The number of rotatable bonds is 1. The quantitative estimate of drug-likeness (QED) is 0.776. The number of benzene rings is 1. The highest BCUT2D eigenvalue weighted by atomic mass is 19.2. The molecular formula is C14H20F2N2. The topological polar surface area (TPSA) is 29.3 Å². The molecule has 1 aromatic carbocycles. The Morgan fingerprint density at radius 1 is 1.17 bits per heavy atom. The molecule has 0 aromatic heterocycles. The molecule has 0 aliphatic carbocycles. The number of hydrogen-bond donors (Lipinski definition) is 1. The summed E-state index contributed by atoms with van der Waals surface area (Å²) in [5.41, 5.74) is 6.59. The van der Waals surface area contributed by atoms with E-state index in [9.17, 15) is 8.78 Å². The molecule has 0 spiro atoms. The molecule has 0 unspecified atom stereocenters. The van der Waals surface area contributed by atoms with Gasteiger partial charge in [0.1, 0.15) is 0 Å². The number of nitrogens with zero attached hydrogens (tertiary/aromatic N) is 1. The van der Waals surface area contributed by atoms with Crippen molar-refractivity contribution in [1.29, 1.82) is 0 Å². The number of anilines is 2. The minimum Gasteiger partial charge on any atom is -0.397 e. The molecule has 1 fully saturated rings. The standard InChI is InChI=1S/C14H20F2N2/c1-14(2)6-3-8-18(9-7-14)13-11(17)5-4-10(15)12(13)16/h4-5H,3,6-9,17H2,1-2H3. The van der Waals surface area contributed by atoms with E-state index in [2.05, 4.69) is 13.8 Å². The summed E-state index contributed by atoms with van der Waals surface area (Å²) in [6, 6.07) is 2.51. The van der Waals surface area contributed by atoms with Gasteiger partial charge in [-0.15, -0.1) is 0 Å². The third-order valence-corrected chi connectivity index (χ3v) is 3.76. The van der Waals surface area contributed by atoms with Crippen LogP contribution in [0.15, 0.2) is 12.1 Å². The smallest absolute Gasteiger partial charge is 0.184 e. The normalized spacial score (nSPS) is 19.7. The fraction of sp³-hybridized carbons (Fsp3) is 0.571. The van der Waals surface area contributed by atoms with Crippen LogP contribution >= 0.6 is 0 Å². The van der Waals surface area contributed by atoms with Gasteiger partial charge in [-0.2, -0.15) is 0 Å². The van der Waals surface area contributed by atoms with E-state index in [0.29, 0.717) is 5.69 Å². The van der Waals surface area contributed by atoms with Gasteiger partial charge in [0.25, 0.3) is 0 Å². The molecule has 0 amide bonds. The maximum Gasteiger partial charge on any atom is 0.184 e. The first-order valence-electron chi connectivity index (χ1n) is 6.39. The molecule has 1 heterocycles. The van der Waals surface area contributed by atoms with Crippen LogP contribution in [0.1, 0.15) is 33.1 Å². The first-order chi connectivity index (χ1) is 8.41. The van der Waals surface area contributed by atoms with Crippen LogP contribution in [-0.4, -0.2) is 13.1 Å². The number of nitrogen functional groups attached to an aromatic ring is 1. The van der Waals surface area contributed by atoms with Crippen molar-refractivity contribution >= 4 is 11.4 Å². The summed E-state index contributed by atoms with van der Waals surface area (Å²) in [6.45, 7) is 5.87. The molecule has 0 radical (unpaired) electrons. The number of hydrogen-bond acceptors (Lipinski definition) is 2. The van der Waals surface area contributed by atoms with E-state index in [0.717, 1.165) is 38.4 Å². The predicted molar refractivity (Wildman–Crippen MR) is 70.6 cm³/mol. The highest BCUT2D eigenvalue weighted by molar-refractivity contribution is 5.68. The Morgan fingerprint density at radius 3 is 2.61 bits per heavy atom. The van der Waals surface area contributed by atoms with Crippen LogP contribution in [0, 0.1) is 17.0 Å². The van der Waals surface area contributed by atoms with E-state index in [1.54, 1.807) is 0 Å². The van der Waals surface area contributed by atoms with Crippen LogP contribution in [0.5, 0.6) is 0 Å². The molecular weight excluding hydrogens is 234 g/mol. The van der Waals surface area contributed by atoms with Crippen molar-refractivity contribution in [2.45, 2.75) is 33.1 Å². The van der Waals surface area contributed by atoms with Gasteiger partial charge in [-0.05, 0) is 36.8 Å². The molecule has 1 aromatic rings. The highest BCUT2D eigenvalue weighted by Gasteiger charge is 2.26. The fourth-order valence-corrected chi connectivity index (χ4v) is 2.52. The van der Waals surface area contributed by atoms with Crippen LogP contribution < -0.4 is 10.6 Å².